The molecule has 0 spiro atoms. The quantitative estimate of drug-likeness (QED) is 0.813. The fourth-order valence-corrected chi connectivity index (χ4v) is 2.56. The SMILES string of the molecule is COc1ccc(C(=O)c2cccnc2N2CCCC2=O)cc1. The largest absolute Gasteiger partial charge is 0.497 e. The van der Waals surface area contributed by atoms with Crippen LogP contribution < -0.4 is 9.64 Å². The number of aromatic nitrogens is 1. The van der Waals surface area contributed by atoms with Crippen LogP contribution in [0.4, 0.5) is 5.82 Å². The van der Waals surface area contributed by atoms with Gasteiger partial charge in [-0.1, -0.05) is 0 Å². The first kappa shape index (κ1) is 14.3. The van der Waals surface area contributed by atoms with E-state index in [4.69, 9.17) is 4.74 Å². The summed E-state index contributed by atoms with van der Waals surface area (Å²) in [4.78, 5) is 30.5. The zero-order chi connectivity index (χ0) is 15.5. The minimum absolute atomic E-state index is 0.0162. The van der Waals surface area contributed by atoms with Crippen molar-refractivity contribution in [2.24, 2.45) is 0 Å². The number of ketones is 1. The molecule has 0 bridgehead atoms. The number of hydrogen-bond donors (Lipinski definition) is 0. The third-order valence-corrected chi connectivity index (χ3v) is 3.71. The topological polar surface area (TPSA) is 59.5 Å². The Morgan fingerprint density at radius 3 is 2.64 bits per heavy atom. The highest BCUT2D eigenvalue weighted by molar-refractivity contribution is 6.13. The maximum atomic E-state index is 12.7. The van der Waals surface area contributed by atoms with Crippen LogP contribution in [0.3, 0.4) is 0 Å². The Bertz CT molecular complexity index is 710. The molecule has 0 N–H and O–H groups in total. The van der Waals surface area contributed by atoms with Crippen LogP contribution in [-0.2, 0) is 4.79 Å². The molecule has 5 heteroatoms. The van der Waals surface area contributed by atoms with Crippen molar-refractivity contribution < 1.29 is 14.3 Å². The number of methoxy groups -OCH3 is 1. The van der Waals surface area contributed by atoms with Gasteiger partial charge in [-0.15, -0.1) is 0 Å². The Kier molecular flexibility index (Phi) is 3.87. The van der Waals surface area contributed by atoms with Crippen molar-refractivity contribution >= 4 is 17.5 Å². The number of rotatable bonds is 4. The molecule has 0 radical (unpaired) electrons. The first-order valence-corrected chi connectivity index (χ1v) is 7.15. The summed E-state index contributed by atoms with van der Waals surface area (Å²) in [7, 11) is 1.58. The third kappa shape index (κ3) is 2.57. The molecule has 0 atom stereocenters. The Labute approximate surface area is 128 Å². The maximum Gasteiger partial charge on any atom is 0.228 e. The van der Waals surface area contributed by atoms with Crippen molar-refractivity contribution in [3.05, 3.63) is 53.7 Å². The van der Waals surface area contributed by atoms with E-state index in [1.807, 2.05) is 0 Å². The van der Waals surface area contributed by atoms with Gasteiger partial charge in [0.2, 0.25) is 5.91 Å². The summed E-state index contributed by atoms with van der Waals surface area (Å²) in [5, 5.41) is 0. The average Bonchev–Trinajstić information content (AvgIpc) is 3.00. The molecule has 5 nitrogen and oxygen atoms in total. The van der Waals surface area contributed by atoms with Crippen LogP contribution in [0.1, 0.15) is 28.8 Å². The summed E-state index contributed by atoms with van der Waals surface area (Å²) < 4.78 is 5.10. The van der Waals surface area contributed by atoms with Gasteiger partial charge < -0.3 is 4.74 Å². The molecule has 1 aliphatic heterocycles. The standard InChI is InChI=1S/C17H16N2O3/c1-22-13-8-6-12(7-9-13)16(21)14-4-2-10-18-17(14)19-11-3-5-15(19)20/h2,4,6-10H,3,5,11H2,1H3. The number of anilines is 1. The number of carbonyl (C=O) groups is 2. The molecule has 1 aliphatic rings. The van der Waals surface area contributed by atoms with Gasteiger partial charge >= 0.3 is 0 Å². The number of ether oxygens (including phenoxy) is 1. The van der Waals surface area contributed by atoms with E-state index in [2.05, 4.69) is 4.98 Å². The van der Waals surface area contributed by atoms with Gasteiger partial charge in [-0.2, -0.15) is 0 Å². The van der Waals surface area contributed by atoms with Gasteiger partial charge in [0.05, 0.1) is 12.7 Å². The molecule has 112 valence electrons. The van der Waals surface area contributed by atoms with Crippen LogP contribution in [-0.4, -0.2) is 30.3 Å². The van der Waals surface area contributed by atoms with Crippen molar-refractivity contribution in [1.29, 1.82) is 0 Å². The highest BCUT2D eigenvalue weighted by atomic mass is 16.5. The lowest BCUT2D eigenvalue weighted by Crippen LogP contribution is -2.27. The second-order valence-electron chi connectivity index (χ2n) is 5.08. The molecule has 22 heavy (non-hydrogen) atoms. The van der Waals surface area contributed by atoms with Crippen molar-refractivity contribution in [2.45, 2.75) is 12.8 Å². The van der Waals surface area contributed by atoms with Gasteiger partial charge in [0.15, 0.2) is 5.78 Å². The van der Waals surface area contributed by atoms with Crippen LogP contribution in [0.2, 0.25) is 0 Å². The summed E-state index contributed by atoms with van der Waals surface area (Å²) in [5.41, 5.74) is 0.990. The zero-order valence-electron chi connectivity index (χ0n) is 12.3. The number of benzene rings is 1. The van der Waals surface area contributed by atoms with Crippen molar-refractivity contribution in [3.8, 4) is 5.75 Å². The highest BCUT2D eigenvalue weighted by Gasteiger charge is 2.27. The molecule has 1 amide bonds. The minimum atomic E-state index is -0.148. The van der Waals surface area contributed by atoms with E-state index in [0.717, 1.165) is 6.42 Å². The van der Waals surface area contributed by atoms with Crippen LogP contribution in [0.25, 0.3) is 0 Å². The van der Waals surface area contributed by atoms with Crippen LogP contribution in [0.15, 0.2) is 42.6 Å². The molecule has 1 aromatic heterocycles. The summed E-state index contributed by atoms with van der Waals surface area (Å²) in [6, 6.07) is 10.3. The van der Waals surface area contributed by atoms with E-state index < -0.39 is 0 Å². The van der Waals surface area contributed by atoms with E-state index >= 15 is 0 Å². The summed E-state index contributed by atoms with van der Waals surface area (Å²) in [5.74, 6) is 1.01. The summed E-state index contributed by atoms with van der Waals surface area (Å²) in [6.45, 7) is 0.610. The maximum absolute atomic E-state index is 12.7. The molecule has 0 saturated carbocycles. The predicted molar refractivity (Wildman–Crippen MR) is 82.3 cm³/mol. The van der Waals surface area contributed by atoms with Gasteiger partial charge in [-0.05, 0) is 42.8 Å². The lowest BCUT2D eigenvalue weighted by molar-refractivity contribution is -0.117. The van der Waals surface area contributed by atoms with Gasteiger partial charge in [0.25, 0.3) is 0 Å². The molecule has 2 heterocycles. The zero-order valence-corrected chi connectivity index (χ0v) is 12.3. The Morgan fingerprint density at radius 2 is 2.00 bits per heavy atom. The monoisotopic (exact) mass is 296 g/mol. The third-order valence-electron chi connectivity index (χ3n) is 3.71. The molecule has 3 rings (SSSR count). The smallest absolute Gasteiger partial charge is 0.228 e. The van der Waals surface area contributed by atoms with E-state index in [0.29, 0.717) is 35.7 Å². The first-order chi connectivity index (χ1) is 10.7. The molecular weight excluding hydrogens is 280 g/mol. The normalized spacial score (nSPS) is 14.2. The Morgan fingerprint density at radius 1 is 1.23 bits per heavy atom. The van der Waals surface area contributed by atoms with Gasteiger partial charge in [0.1, 0.15) is 11.6 Å². The second-order valence-corrected chi connectivity index (χ2v) is 5.08. The van der Waals surface area contributed by atoms with Crippen molar-refractivity contribution in [2.75, 3.05) is 18.6 Å². The van der Waals surface area contributed by atoms with Gasteiger partial charge in [-0.25, -0.2) is 4.98 Å². The van der Waals surface area contributed by atoms with E-state index in [1.165, 1.54) is 0 Å². The first-order valence-electron chi connectivity index (χ1n) is 7.15. The van der Waals surface area contributed by atoms with E-state index in [-0.39, 0.29) is 11.7 Å². The van der Waals surface area contributed by atoms with Crippen LogP contribution >= 0.6 is 0 Å². The number of hydrogen-bond acceptors (Lipinski definition) is 4. The predicted octanol–water partition coefficient (Wildman–Crippen LogP) is 2.45. The summed E-state index contributed by atoms with van der Waals surface area (Å²) >= 11 is 0. The summed E-state index contributed by atoms with van der Waals surface area (Å²) in [6.07, 6.45) is 2.91. The van der Waals surface area contributed by atoms with Crippen LogP contribution in [0, 0.1) is 0 Å². The van der Waals surface area contributed by atoms with Gasteiger partial charge in [0, 0.05) is 24.7 Å². The van der Waals surface area contributed by atoms with E-state index in [9.17, 15) is 9.59 Å². The molecule has 1 aromatic carbocycles. The Balaban J connectivity index is 1.96. The molecule has 1 saturated heterocycles. The molecule has 2 aromatic rings. The lowest BCUT2D eigenvalue weighted by Gasteiger charge is -2.17. The molecular formula is C17H16N2O3. The molecule has 1 fully saturated rings. The number of amides is 1. The van der Waals surface area contributed by atoms with Crippen molar-refractivity contribution in [3.63, 3.8) is 0 Å². The van der Waals surface area contributed by atoms with E-state index in [1.54, 1.807) is 54.6 Å². The number of pyridine rings is 1. The fraction of sp³-hybridized carbons (Fsp3) is 0.235. The Hall–Kier alpha value is -2.69. The molecule has 0 aliphatic carbocycles. The van der Waals surface area contributed by atoms with Crippen LogP contribution in [0.5, 0.6) is 5.75 Å². The second kappa shape index (κ2) is 5.97. The lowest BCUT2D eigenvalue weighted by atomic mass is 10.0. The average molecular weight is 296 g/mol. The fourth-order valence-electron chi connectivity index (χ4n) is 2.56. The minimum Gasteiger partial charge on any atom is -0.497 e. The van der Waals surface area contributed by atoms with Gasteiger partial charge in [-0.3, -0.25) is 14.5 Å². The van der Waals surface area contributed by atoms with Crippen molar-refractivity contribution in [1.82, 2.24) is 4.98 Å². The highest BCUT2D eigenvalue weighted by Crippen LogP contribution is 2.25. The number of nitrogens with zero attached hydrogens (tertiary/aromatic N) is 2. The number of carbonyl (C=O) groups excluding carboxylic acids is 2. The molecule has 0 unspecified atom stereocenters.